The number of amides is 2. The number of allylic oxidation sites excluding steroid dienone is 3. The first-order chi connectivity index (χ1) is 10.3. The van der Waals surface area contributed by atoms with Crippen LogP contribution in [-0.2, 0) is 9.59 Å². The number of carbonyl (C=O) groups is 2. The lowest BCUT2D eigenvalue weighted by atomic mass is 9.89. The molecule has 0 bridgehead atoms. The third-order valence-corrected chi connectivity index (χ3v) is 4.86. The molecule has 2 amide bonds. The summed E-state index contributed by atoms with van der Waals surface area (Å²) in [5.74, 6) is 0.810. The Balaban J connectivity index is 0. The van der Waals surface area contributed by atoms with Crippen LogP contribution in [0, 0.1) is 11.8 Å². The number of hydrogen-bond acceptors (Lipinski definition) is 3. The third kappa shape index (κ3) is 5.83. The van der Waals surface area contributed by atoms with Crippen LogP contribution in [0.15, 0.2) is 21.6 Å². The molecule has 2 heterocycles. The standard InChI is InChI=1S/C13H17NO2S.C3H8.C2H6.CH4/c1-6-5-17-9(4)10(6)7(2)11-8(3)12(15)14-13(11)16;1-3-2;1-2;/h6,8H,5H2,1-4H3,(H,14,15,16);3H2,1-2H3;1-2H3;1H4/b11-7+;;;. The molecule has 134 valence electrons. The molecule has 0 spiro atoms. The summed E-state index contributed by atoms with van der Waals surface area (Å²) >= 11 is 1.83. The van der Waals surface area contributed by atoms with Crippen LogP contribution in [0.25, 0.3) is 0 Å². The second-order valence-electron chi connectivity index (χ2n) is 5.47. The van der Waals surface area contributed by atoms with Crippen LogP contribution in [0.3, 0.4) is 0 Å². The molecular weight excluding hydrogens is 306 g/mol. The van der Waals surface area contributed by atoms with Crippen LogP contribution in [-0.4, -0.2) is 17.6 Å². The van der Waals surface area contributed by atoms with E-state index in [2.05, 4.69) is 33.0 Å². The van der Waals surface area contributed by atoms with Crippen molar-refractivity contribution in [1.82, 2.24) is 5.32 Å². The molecule has 2 unspecified atom stereocenters. The zero-order valence-corrected chi connectivity index (χ0v) is 16.1. The van der Waals surface area contributed by atoms with Gasteiger partial charge in [-0.2, -0.15) is 0 Å². The number of rotatable bonds is 1. The van der Waals surface area contributed by atoms with Crippen molar-refractivity contribution in [2.75, 3.05) is 5.75 Å². The highest BCUT2D eigenvalue weighted by atomic mass is 32.2. The second kappa shape index (κ2) is 11.5. The first-order valence-electron chi connectivity index (χ1n) is 8.24. The van der Waals surface area contributed by atoms with E-state index in [-0.39, 0.29) is 25.2 Å². The summed E-state index contributed by atoms with van der Waals surface area (Å²) in [6, 6.07) is 0. The van der Waals surface area contributed by atoms with Crippen LogP contribution < -0.4 is 5.32 Å². The van der Waals surface area contributed by atoms with Crippen LogP contribution >= 0.6 is 11.8 Å². The maximum Gasteiger partial charge on any atom is 0.254 e. The Kier molecular flexibility index (Phi) is 12.1. The van der Waals surface area contributed by atoms with Crippen molar-refractivity contribution in [2.24, 2.45) is 11.8 Å². The van der Waals surface area contributed by atoms with Gasteiger partial charge in [-0.3, -0.25) is 14.9 Å². The van der Waals surface area contributed by atoms with Gasteiger partial charge in [-0.25, -0.2) is 0 Å². The average molecular weight is 342 g/mol. The molecule has 2 atom stereocenters. The molecule has 1 saturated heterocycles. The fourth-order valence-electron chi connectivity index (χ4n) is 2.65. The molecule has 23 heavy (non-hydrogen) atoms. The van der Waals surface area contributed by atoms with Crippen molar-refractivity contribution in [3.8, 4) is 0 Å². The van der Waals surface area contributed by atoms with E-state index < -0.39 is 0 Å². The summed E-state index contributed by atoms with van der Waals surface area (Å²) in [5.41, 5.74) is 2.90. The molecule has 0 aromatic carbocycles. The average Bonchev–Trinajstić information content (AvgIpc) is 2.93. The molecule has 2 rings (SSSR count). The van der Waals surface area contributed by atoms with E-state index in [9.17, 15) is 9.59 Å². The highest BCUT2D eigenvalue weighted by Crippen LogP contribution is 2.41. The molecule has 4 heteroatoms. The molecule has 0 aromatic rings. The lowest BCUT2D eigenvalue weighted by Gasteiger charge is -2.13. The third-order valence-electron chi connectivity index (χ3n) is 3.54. The molecule has 0 saturated carbocycles. The topological polar surface area (TPSA) is 46.2 Å². The first kappa shape index (κ1) is 24.2. The van der Waals surface area contributed by atoms with Gasteiger partial charge < -0.3 is 0 Å². The minimum atomic E-state index is -0.319. The van der Waals surface area contributed by atoms with Gasteiger partial charge in [0, 0.05) is 11.3 Å². The van der Waals surface area contributed by atoms with E-state index in [4.69, 9.17) is 0 Å². The number of nitrogens with one attached hydrogen (secondary N) is 1. The fourth-order valence-corrected chi connectivity index (χ4v) is 3.82. The molecular formula is C19H35NO2S. The van der Waals surface area contributed by atoms with E-state index in [1.807, 2.05) is 32.5 Å². The Morgan fingerprint density at radius 3 is 2.00 bits per heavy atom. The molecule has 1 N–H and O–H groups in total. The van der Waals surface area contributed by atoms with Gasteiger partial charge in [0.1, 0.15) is 0 Å². The van der Waals surface area contributed by atoms with Gasteiger partial charge in [0.15, 0.2) is 0 Å². The maximum absolute atomic E-state index is 11.8. The molecule has 2 aliphatic rings. The SMILES string of the molecule is C.CC.CC1=C(/C(C)=C2/C(=O)NC(=O)C2C)C(C)CS1.CCC. The highest BCUT2D eigenvalue weighted by Gasteiger charge is 2.36. The number of carbonyl (C=O) groups excluding carboxylic acids is 2. The Bertz CT molecular complexity index is 478. The molecule has 0 aliphatic carbocycles. The Labute approximate surface area is 147 Å². The predicted octanol–water partition coefficient (Wildman–Crippen LogP) is 5.33. The summed E-state index contributed by atoms with van der Waals surface area (Å²) in [6.07, 6.45) is 1.25. The van der Waals surface area contributed by atoms with Crippen LogP contribution in [0.4, 0.5) is 0 Å². The normalized spacial score (nSPS) is 24.9. The zero-order valence-electron chi connectivity index (χ0n) is 15.3. The summed E-state index contributed by atoms with van der Waals surface area (Å²) < 4.78 is 0. The van der Waals surface area contributed by atoms with Crippen LogP contribution in [0.5, 0.6) is 0 Å². The molecule has 1 fully saturated rings. The maximum atomic E-state index is 11.8. The second-order valence-corrected chi connectivity index (χ2v) is 6.70. The summed E-state index contributed by atoms with van der Waals surface area (Å²) in [4.78, 5) is 24.6. The van der Waals surface area contributed by atoms with E-state index in [0.29, 0.717) is 11.5 Å². The lowest BCUT2D eigenvalue weighted by molar-refractivity contribution is -0.125. The van der Waals surface area contributed by atoms with Crippen molar-refractivity contribution >= 4 is 23.6 Å². The Morgan fingerprint density at radius 2 is 1.70 bits per heavy atom. The van der Waals surface area contributed by atoms with Gasteiger partial charge in [-0.05, 0) is 42.7 Å². The van der Waals surface area contributed by atoms with E-state index in [0.717, 1.165) is 11.3 Å². The number of thioether (sulfide) groups is 1. The van der Waals surface area contributed by atoms with Gasteiger partial charge in [-0.1, -0.05) is 48.5 Å². The highest BCUT2D eigenvalue weighted by molar-refractivity contribution is 8.03. The summed E-state index contributed by atoms with van der Waals surface area (Å²) in [5, 5.41) is 2.39. The number of hydrogen-bond donors (Lipinski definition) is 1. The fraction of sp³-hybridized carbons (Fsp3) is 0.684. The summed E-state index contributed by atoms with van der Waals surface area (Å²) in [7, 11) is 0. The largest absolute Gasteiger partial charge is 0.292 e. The van der Waals surface area contributed by atoms with Crippen molar-refractivity contribution in [3.63, 3.8) is 0 Å². The smallest absolute Gasteiger partial charge is 0.254 e. The van der Waals surface area contributed by atoms with Gasteiger partial charge in [-0.15, -0.1) is 11.8 Å². The van der Waals surface area contributed by atoms with Gasteiger partial charge >= 0.3 is 0 Å². The molecule has 0 aromatic heterocycles. The molecule has 0 radical (unpaired) electrons. The quantitative estimate of drug-likeness (QED) is 0.518. The van der Waals surface area contributed by atoms with Crippen molar-refractivity contribution in [1.29, 1.82) is 0 Å². The zero-order chi connectivity index (χ0) is 17.4. The Morgan fingerprint density at radius 1 is 1.22 bits per heavy atom. The van der Waals surface area contributed by atoms with Gasteiger partial charge in [0.25, 0.3) is 5.91 Å². The van der Waals surface area contributed by atoms with Crippen LogP contribution in [0.2, 0.25) is 0 Å². The monoisotopic (exact) mass is 341 g/mol. The van der Waals surface area contributed by atoms with Gasteiger partial charge in [0.2, 0.25) is 5.91 Å². The first-order valence-corrected chi connectivity index (χ1v) is 9.23. The van der Waals surface area contributed by atoms with Crippen molar-refractivity contribution in [3.05, 3.63) is 21.6 Å². The Hall–Kier alpha value is -1.03. The molecule has 2 aliphatic heterocycles. The van der Waals surface area contributed by atoms with Crippen molar-refractivity contribution in [2.45, 2.75) is 69.2 Å². The van der Waals surface area contributed by atoms with Crippen LogP contribution in [0.1, 0.15) is 69.2 Å². The molecule has 3 nitrogen and oxygen atoms in total. The van der Waals surface area contributed by atoms with E-state index >= 15 is 0 Å². The van der Waals surface area contributed by atoms with Crippen molar-refractivity contribution < 1.29 is 9.59 Å². The lowest BCUT2D eigenvalue weighted by Crippen LogP contribution is -2.21. The van der Waals surface area contributed by atoms with Gasteiger partial charge in [0.05, 0.1) is 5.92 Å². The number of imide groups is 1. The summed E-state index contributed by atoms with van der Waals surface area (Å²) in [6.45, 7) is 16.3. The van der Waals surface area contributed by atoms with E-state index in [1.54, 1.807) is 6.92 Å². The minimum Gasteiger partial charge on any atom is -0.292 e. The van der Waals surface area contributed by atoms with E-state index in [1.165, 1.54) is 16.9 Å². The minimum absolute atomic E-state index is 0. The predicted molar refractivity (Wildman–Crippen MR) is 103 cm³/mol.